The van der Waals surface area contributed by atoms with E-state index in [4.69, 9.17) is 5.73 Å². The molecule has 0 bridgehead atoms. The largest absolute Gasteiger partial charge is 0.370 e. The molecule has 2 saturated carbocycles. The summed E-state index contributed by atoms with van der Waals surface area (Å²) in [6.45, 7) is 2.83. The number of carbonyl (C=O) groups excluding carboxylic acids is 1. The Morgan fingerprint density at radius 2 is 2.12 bits per heavy atom. The smallest absolute Gasteiger partial charge is 0.316 e. The van der Waals surface area contributed by atoms with Crippen molar-refractivity contribution in [1.82, 2.24) is 14.8 Å². The van der Waals surface area contributed by atoms with Crippen LogP contribution in [0.15, 0.2) is 12.1 Å². The Labute approximate surface area is 143 Å². The molecule has 0 aromatic carbocycles. The van der Waals surface area contributed by atoms with Gasteiger partial charge in [0.1, 0.15) is 5.72 Å². The number of urea groups is 1. The van der Waals surface area contributed by atoms with Gasteiger partial charge in [-0.2, -0.15) is 0 Å². The lowest BCUT2D eigenvalue weighted by molar-refractivity contribution is -0.0965. The molecule has 1 aliphatic heterocycles. The van der Waals surface area contributed by atoms with Gasteiger partial charge < -0.3 is 20.7 Å². The lowest BCUT2D eigenvalue weighted by Crippen LogP contribution is -2.55. The van der Waals surface area contributed by atoms with Crippen LogP contribution in [0, 0.1) is 5.92 Å². The van der Waals surface area contributed by atoms with Crippen molar-refractivity contribution in [3.05, 3.63) is 23.5 Å². The average Bonchev–Trinajstić information content (AvgIpc) is 3.25. The van der Waals surface area contributed by atoms with Crippen LogP contribution in [0.2, 0.25) is 0 Å². The molecule has 2 aliphatic carbocycles. The van der Waals surface area contributed by atoms with Crippen LogP contribution >= 0.6 is 0 Å². The molecular weight excluding hydrogens is 304 g/mol. The van der Waals surface area contributed by atoms with E-state index >= 15 is 0 Å². The van der Waals surface area contributed by atoms with E-state index in [1.807, 2.05) is 6.92 Å². The van der Waals surface area contributed by atoms with Crippen LogP contribution in [0.3, 0.4) is 0 Å². The van der Waals surface area contributed by atoms with E-state index in [1.54, 1.807) is 7.05 Å². The minimum Gasteiger partial charge on any atom is -0.370 e. The van der Waals surface area contributed by atoms with Crippen molar-refractivity contribution in [3.8, 4) is 0 Å². The van der Waals surface area contributed by atoms with Gasteiger partial charge in [0.25, 0.3) is 0 Å². The molecule has 6 heteroatoms. The number of nitrogens with one attached hydrogen (secondary N) is 1. The van der Waals surface area contributed by atoms with Crippen molar-refractivity contribution >= 4 is 6.03 Å². The van der Waals surface area contributed by atoms with Gasteiger partial charge in [-0.05, 0) is 30.9 Å². The molecule has 1 aromatic rings. The Bertz CT molecular complexity index is 651. The normalized spacial score (nSPS) is 35.7. The van der Waals surface area contributed by atoms with Gasteiger partial charge in [0.2, 0.25) is 0 Å². The van der Waals surface area contributed by atoms with Crippen molar-refractivity contribution in [2.24, 2.45) is 11.7 Å². The second kappa shape index (κ2) is 5.49. The van der Waals surface area contributed by atoms with Crippen molar-refractivity contribution in [2.45, 2.75) is 69.3 Å². The van der Waals surface area contributed by atoms with Crippen molar-refractivity contribution in [1.29, 1.82) is 0 Å². The third-order valence-electron chi connectivity index (χ3n) is 6.76. The molecule has 4 unspecified atom stereocenters. The van der Waals surface area contributed by atoms with E-state index in [2.05, 4.69) is 22.0 Å². The van der Waals surface area contributed by atoms with E-state index in [-0.39, 0.29) is 18.0 Å². The SMILES string of the molecule is CC1C2NCc3ccc(C4CCCC4)n3C2CC1(O)N(C)C(N)=O. The Kier molecular flexibility index (Phi) is 3.65. The maximum absolute atomic E-state index is 11.7. The molecular formula is C18H28N4O2. The van der Waals surface area contributed by atoms with E-state index in [1.165, 1.54) is 42.0 Å². The highest BCUT2D eigenvalue weighted by Gasteiger charge is 2.56. The monoisotopic (exact) mass is 332 g/mol. The Hall–Kier alpha value is -1.53. The molecule has 4 N–H and O–H groups in total. The van der Waals surface area contributed by atoms with Gasteiger partial charge >= 0.3 is 6.03 Å². The quantitative estimate of drug-likeness (QED) is 0.723. The van der Waals surface area contributed by atoms with Crippen LogP contribution in [0.5, 0.6) is 0 Å². The van der Waals surface area contributed by atoms with Crippen molar-refractivity contribution in [2.75, 3.05) is 7.05 Å². The van der Waals surface area contributed by atoms with Gasteiger partial charge in [-0.3, -0.25) is 4.90 Å². The maximum Gasteiger partial charge on any atom is 0.316 e. The number of aliphatic hydroxyl groups is 1. The number of rotatable bonds is 2. The Morgan fingerprint density at radius 3 is 2.79 bits per heavy atom. The third-order valence-corrected chi connectivity index (χ3v) is 6.76. The topological polar surface area (TPSA) is 83.5 Å². The molecule has 0 spiro atoms. The lowest BCUT2D eigenvalue weighted by atomic mass is 9.96. The molecule has 3 aliphatic rings. The summed E-state index contributed by atoms with van der Waals surface area (Å²) in [6, 6.07) is 4.23. The molecule has 4 atom stereocenters. The average molecular weight is 332 g/mol. The zero-order chi connectivity index (χ0) is 17.1. The van der Waals surface area contributed by atoms with E-state index in [0.29, 0.717) is 12.3 Å². The number of carbonyl (C=O) groups is 1. The predicted molar refractivity (Wildman–Crippen MR) is 91.4 cm³/mol. The zero-order valence-corrected chi connectivity index (χ0v) is 14.5. The van der Waals surface area contributed by atoms with Gasteiger partial charge in [-0.25, -0.2) is 4.79 Å². The van der Waals surface area contributed by atoms with Crippen molar-refractivity contribution in [3.63, 3.8) is 0 Å². The summed E-state index contributed by atoms with van der Waals surface area (Å²) in [7, 11) is 1.60. The van der Waals surface area contributed by atoms with Gasteiger partial charge in [0, 0.05) is 43.4 Å². The first-order valence-corrected chi connectivity index (χ1v) is 9.12. The second-order valence-corrected chi connectivity index (χ2v) is 7.84. The van der Waals surface area contributed by atoms with Crippen LogP contribution in [0.25, 0.3) is 0 Å². The van der Waals surface area contributed by atoms with E-state index < -0.39 is 11.8 Å². The van der Waals surface area contributed by atoms with E-state index in [9.17, 15) is 9.90 Å². The molecule has 2 amide bonds. The van der Waals surface area contributed by atoms with E-state index in [0.717, 1.165) is 6.54 Å². The fourth-order valence-corrected chi connectivity index (χ4v) is 5.27. The summed E-state index contributed by atoms with van der Waals surface area (Å²) in [6.07, 6.45) is 5.65. The van der Waals surface area contributed by atoms with Gasteiger partial charge in [-0.15, -0.1) is 0 Å². The zero-order valence-electron chi connectivity index (χ0n) is 14.5. The number of hydrogen-bond acceptors (Lipinski definition) is 3. The first-order valence-electron chi connectivity index (χ1n) is 9.12. The fourth-order valence-electron chi connectivity index (χ4n) is 5.27. The molecule has 1 aromatic heterocycles. The molecule has 2 fully saturated rings. The van der Waals surface area contributed by atoms with Gasteiger partial charge in [0.05, 0.1) is 6.04 Å². The number of nitrogens with two attached hydrogens (primary N) is 1. The molecule has 6 nitrogen and oxygen atoms in total. The predicted octanol–water partition coefficient (Wildman–Crippen LogP) is 1.90. The van der Waals surface area contributed by atoms with Crippen LogP contribution in [0.4, 0.5) is 4.79 Å². The van der Waals surface area contributed by atoms with Gasteiger partial charge in [0.15, 0.2) is 0 Å². The Morgan fingerprint density at radius 1 is 1.42 bits per heavy atom. The summed E-state index contributed by atoms with van der Waals surface area (Å²) < 4.78 is 2.46. The van der Waals surface area contributed by atoms with Crippen LogP contribution in [0.1, 0.15) is 62.4 Å². The minimum atomic E-state index is -1.20. The number of hydrogen-bond donors (Lipinski definition) is 3. The Balaban J connectivity index is 1.71. The second-order valence-electron chi connectivity index (χ2n) is 7.84. The summed E-state index contributed by atoms with van der Waals surface area (Å²) in [5.41, 5.74) is 6.96. The molecule has 132 valence electrons. The van der Waals surface area contributed by atoms with Crippen LogP contribution in [-0.2, 0) is 6.54 Å². The number of aromatic nitrogens is 1. The fraction of sp³-hybridized carbons (Fsp3) is 0.722. The summed E-state index contributed by atoms with van der Waals surface area (Å²) in [5.74, 6) is 0.558. The van der Waals surface area contributed by atoms with Gasteiger partial charge in [-0.1, -0.05) is 19.8 Å². The van der Waals surface area contributed by atoms with Crippen molar-refractivity contribution < 1.29 is 9.90 Å². The summed E-state index contributed by atoms with van der Waals surface area (Å²) in [4.78, 5) is 13.0. The molecule has 0 radical (unpaired) electrons. The number of fused-ring (bicyclic) bond motifs is 3. The minimum absolute atomic E-state index is 0.0769. The molecule has 2 heterocycles. The summed E-state index contributed by atoms with van der Waals surface area (Å²) >= 11 is 0. The first kappa shape index (κ1) is 16.0. The molecule has 4 rings (SSSR count). The molecule has 0 saturated heterocycles. The molecule has 24 heavy (non-hydrogen) atoms. The highest BCUT2D eigenvalue weighted by atomic mass is 16.3. The highest BCUT2D eigenvalue weighted by molar-refractivity contribution is 5.72. The lowest BCUT2D eigenvalue weighted by Gasteiger charge is -2.37. The number of nitrogens with zero attached hydrogens (tertiary/aromatic N) is 2. The number of primary amides is 1. The summed E-state index contributed by atoms with van der Waals surface area (Å²) in [5, 5.41) is 14.8. The number of amides is 2. The standard InChI is InChI=1S/C18H28N4O2/c1-11-16-15(9-18(11,24)21(2)17(19)23)22-13(10-20-16)7-8-14(22)12-5-3-4-6-12/h7-8,11-12,15-16,20,24H,3-6,9-10H2,1-2H3,(H2,19,23). The third kappa shape index (κ3) is 2.12. The van der Waals surface area contributed by atoms with Crippen LogP contribution in [-0.4, -0.2) is 39.4 Å². The first-order chi connectivity index (χ1) is 11.4. The highest BCUT2D eigenvalue weighted by Crippen LogP contribution is 2.48. The maximum atomic E-state index is 11.7. The van der Waals surface area contributed by atoms with Crippen LogP contribution < -0.4 is 11.1 Å².